The molecule has 0 radical (unpaired) electrons. The van der Waals surface area contributed by atoms with Crippen molar-refractivity contribution in [2.75, 3.05) is 13.7 Å². The third-order valence-corrected chi connectivity index (χ3v) is 5.24. The summed E-state index contributed by atoms with van der Waals surface area (Å²) in [7, 11) is 1.65. The number of rotatable bonds is 6. The van der Waals surface area contributed by atoms with E-state index in [1.807, 2.05) is 43.3 Å². The maximum absolute atomic E-state index is 13.0. The Morgan fingerprint density at radius 1 is 1.16 bits per heavy atom. The Hall–Kier alpha value is -2.11. The minimum Gasteiger partial charge on any atom is -0.383 e. The molecular formula is C20H22N2O2S. The maximum atomic E-state index is 13.0. The summed E-state index contributed by atoms with van der Waals surface area (Å²) in [4.78, 5) is 17.8. The van der Waals surface area contributed by atoms with Gasteiger partial charge >= 0.3 is 0 Å². The molecule has 0 unspecified atom stereocenters. The Balaban J connectivity index is 2.04. The minimum absolute atomic E-state index is 0.0116. The van der Waals surface area contributed by atoms with Gasteiger partial charge < -0.3 is 4.74 Å². The molecule has 0 spiro atoms. The molecule has 3 rings (SSSR count). The van der Waals surface area contributed by atoms with Crippen LogP contribution in [0.2, 0.25) is 0 Å². The van der Waals surface area contributed by atoms with Crippen LogP contribution in [-0.2, 0) is 10.5 Å². The molecule has 4 nitrogen and oxygen atoms in total. The molecule has 3 aromatic rings. The maximum Gasteiger partial charge on any atom is 0.262 e. The first kappa shape index (κ1) is 17.7. The van der Waals surface area contributed by atoms with Crippen molar-refractivity contribution in [1.29, 1.82) is 0 Å². The van der Waals surface area contributed by atoms with Crippen LogP contribution in [0.5, 0.6) is 0 Å². The largest absolute Gasteiger partial charge is 0.383 e. The molecular weight excluding hydrogens is 332 g/mol. The molecule has 0 fully saturated rings. The quantitative estimate of drug-likeness (QED) is 0.491. The summed E-state index contributed by atoms with van der Waals surface area (Å²) in [6.45, 7) is 4.56. The van der Waals surface area contributed by atoms with E-state index in [4.69, 9.17) is 9.72 Å². The average Bonchev–Trinajstić information content (AvgIpc) is 2.61. The van der Waals surface area contributed by atoms with E-state index >= 15 is 0 Å². The van der Waals surface area contributed by atoms with Crippen molar-refractivity contribution in [3.8, 4) is 0 Å². The molecule has 25 heavy (non-hydrogen) atoms. The molecule has 0 aliphatic carbocycles. The molecule has 1 atom stereocenters. The lowest BCUT2D eigenvalue weighted by Crippen LogP contribution is -2.28. The van der Waals surface area contributed by atoms with Gasteiger partial charge in [0.2, 0.25) is 0 Å². The number of nitrogens with zero attached hydrogens (tertiary/aromatic N) is 2. The number of thioether (sulfide) groups is 1. The third-order valence-electron chi connectivity index (χ3n) is 4.24. The standard InChI is InChI=1S/C20H22N2O2S/c1-14-8-4-5-9-16(14)13-25-20-21-18-11-7-6-10-17(18)19(23)22(20)15(2)12-24-3/h4-11,15H,12-13H2,1-3H3/t15-/m0/s1. The number of ether oxygens (including phenoxy) is 1. The fourth-order valence-corrected chi connectivity index (χ4v) is 4.02. The van der Waals surface area contributed by atoms with Crippen molar-refractivity contribution in [3.63, 3.8) is 0 Å². The summed E-state index contributed by atoms with van der Waals surface area (Å²) in [5.74, 6) is 0.775. The number of para-hydroxylation sites is 1. The number of benzene rings is 2. The lowest BCUT2D eigenvalue weighted by molar-refractivity contribution is 0.156. The van der Waals surface area contributed by atoms with Crippen LogP contribution in [-0.4, -0.2) is 23.3 Å². The van der Waals surface area contributed by atoms with Gasteiger partial charge in [-0.2, -0.15) is 0 Å². The van der Waals surface area contributed by atoms with Crippen LogP contribution in [0, 0.1) is 6.92 Å². The molecule has 1 aromatic heterocycles. The molecule has 0 bridgehead atoms. The van der Waals surface area contributed by atoms with Crippen molar-refractivity contribution in [2.24, 2.45) is 0 Å². The Morgan fingerprint density at radius 3 is 2.64 bits per heavy atom. The minimum atomic E-state index is -0.0750. The van der Waals surface area contributed by atoms with Gasteiger partial charge in [-0.1, -0.05) is 48.2 Å². The van der Waals surface area contributed by atoms with Gasteiger partial charge in [-0.3, -0.25) is 9.36 Å². The van der Waals surface area contributed by atoms with Crippen molar-refractivity contribution < 1.29 is 4.74 Å². The first-order valence-corrected chi connectivity index (χ1v) is 9.28. The highest BCUT2D eigenvalue weighted by molar-refractivity contribution is 7.98. The Morgan fingerprint density at radius 2 is 1.88 bits per heavy atom. The van der Waals surface area contributed by atoms with E-state index in [1.165, 1.54) is 11.1 Å². The molecule has 0 saturated heterocycles. The van der Waals surface area contributed by atoms with Gasteiger partial charge in [0.1, 0.15) is 0 Å². The zero-order valence-corrected chi connectivity index (χ0v) is 15.5. The number of hydrogen-bond acceptors (Lipinski definition) is 4. The predicted octanol–water partition coefficient (Wildman–Crippen LogP) is 4.20. The number of aromatic nitrogens is 2. The highest BCUT2D eigenvalue weighted by Gasteiger charge is 2.16. The summed E-state index contributed by atoms with van der Waals surface area (Å²) < 4.78 is 7.02. The monoisotopic (exact) mass is 354 g/mol. The Kier molecular flexibility index (Phi) is 5.56. The van der Waals surface area contributed by atoms with Gasteiger partial charge in [0.25, 0.3) is 5.56 Å². The Labute approximate surface area is 151 Å². The fraction of sp³-hybridized carbons (Fsp3) is 0.300. The van der Waals surface area contributed by atoms with Crippen molar-refractivity contribution in [3.05, 3.63) is 70.0 Å². The summed E-state index contributed by atoms with van der Waals surface area (Å²) in [5.41, 5.74) is 3.22. The van der Waals surface area contributed by atoms with E-state index in [0.29, 0.717) is 12.0 Å². The smallest absolute Gasteiger partial charge is 0.262 e. The summed E-state index contributed by atoms with van der Waals surface area (Å²) in [6.07, 6.45) is 0. The summed E-state index contributed by atoms with van der Waals surface area (Å²) in [6, 6.07) is 15.7. The zero-order chi connectivity index (χ0) is 17.8. The molecule has 0 amide bonds. The Bertz CT molecular complexity index is 936. The van der Waals surface area contributed by atoms with Gasteiger partial charge in [0.15, 0.2) is 5.16 Å². The number of fused-ring (bicyclic) bond motifs is 1. The van der Waals surface area contributed by atoms with E-state index in [-0.39, 0.29) is 11.6 Å². The fourth-order valence-electron chi connectivity index (χ4n) is 2.85. The van der Waals surface area contributed by atoms with Crippen LogP contribution in [0.15, 0.2) is 58.5 Å². The van der Waals surface area contributed by atoms with Crippen LogP contribution in [0.3, 0.4) is 0 Å². The van der Waals surface area contributed by atoms with E-state index in [9.17, 15) is 4.79 Å². The molecule has 5 heteroatoms. The lowest BCUT2D eigenvalue weighted by Gasteiger charge is -2.19. The number of methoxy groups -OCH3 is 1. The predicted molar refractivity (Wildman–Crippen MR) is 103 cm³/mol. The van der Waals surface area contributed by atoms with Crippen molar-refractivity contribution in [1.82, 2.24) is 9.55 Å². The van der Waals surface area contributed by atoms with Crippen LogP contribution in [0.25, 0.3) is 10.9 Å². The second-order valence-corrected chi connectivity index (χ2v) is 7.05. The van der Waals surface area contributed by atoms with E-state index in [0.717, 1.165) is 16.4 Å². The molecule has 0 aliphatic heterocycles. The first-order valence-electron chi connectivity index (χ1n) is 8.29. The van der Waals surface area contributed by atoms with E-state index in [1.54, 1.807) is 23.4 Å². The van der Waals surface area contributed by atoms with E-state index in [2.05, 4.69) is 19.1 Å². The molecule has 0 saturated carbocycles. The SMILES string of the molecule is COC[C@H](C)n1c(SCc2ccccc2C)nc2ccccc2c1=O. The van der Waals surface area contributed by atoms with Crippen LogP contribution < -0.4 is 5.56 Å². The molecule has 2 aromatic carbocycles. The van der Waals surface area contributed by atoms with Gasteiger partial charge in [-0.15, -0.1) is 0 Å². The van der Waals surface area contributed by atoms with Gasteiger partial charge in [-0.25, -0.2) is 4.98 Å². The van der Waals surface area contributed by atoms with Gasteiger partial charge in [0, 0.05) is 12.9 Å². The molecule has 0 N–H and O–H groups in total. The summed E-state index contributed by atoms with van der Waals surface area (Å²) in [5, 5.41) is 1.38. The second-order valence-electron chi connectivity index (χ2n) is 6.11. The zero-order valence-electron chi connectivity index (χ0n) is 14.7. The number of hydrogen-bond donors (Lipinski definition) is 0. The topological polar surface area (TPSA) is 44.1 Å². The molecule has 1 heterocycles. The normalized spacial score (nSPS) is 12.4. The lowest BCUT2D eigenvalue weighted by atomic mass is 10.1. The second kappa shape index (κ2) is 7.85. The van der Waals surface area contributed by atoms with Gasteiger partial charge in [-0.05, 0) is 37.1 Å². The van der Waals surface area contributed by atoms with Gasteiger partial charge in [0.05, 0.1) is 23.6 Å². The third kappa shape index (κ3) is 3.78. The average molecular weight is 354 g/mol. The van der Waals surface area contributed by atoms with Crippen LogP contribution in [0.1, 0.15) is 24.1 Å². The first-order chi connectivity index (χ1) is 12.1. The number of aryl methyl sites for hydroxylation is 1. The van der Waals surface area contributed by atoms with Crippen LogP contribution >= 0.6 is 11.8 Å². The van der Waals surface area contributed by atoms with Crippen LogP contribution in [0.4, 0.5) is 0 Å². The van der Waals surface area contributed by atoms with Crippen molar-refractivity contribution in [2.45, 2.75) is 30.8 Å². The summed E-state index contributed by atoms with van der Waals surface area (Å²) >= 11 is 1.59. The highest BCUT2D eigenvalue weighted by atomic mass is 32.2. The van der Waals surface area contributed by atoms with E-state index < -0.39 is 0 Å². The molecule has 0 aliphatic rings. The van der Waals surface area contributed by atoms with Crippen molar-refractivity contribution >= 4 is 22.7 Å². The molecule has 130 valence electrons. The highest BCUT2D eigenvalue weighted by Crippen LogP contribution is 2.25.